The molecule has 1 amide bonds. The molecular weight excluding hydrogens is 385 g/mol. The Bertz CT molecular complexity index is 921. The predicted molar refractivity (Wildman–Crippen MR) is 102 cm³/mol. The van der Waals surface area contributed by atoms with Crippen LogP contribution in [0, 0.1) is 0 Å². The molecule has 154 valence electrons. The molecule has 0 spiro atoms. The molecule has 1 aromatic carbocycles. The number of carbonyl (C=O) groups is 1. The molecule has 2 aromatic heterocycles. The molecule has 2 heterocycles. The molecule has 0 saturated heterocycles. The molecule has 3 aromatic rings. The highest BCUT2D eigenvalue weighted by Crippen LogP contribution is 2.22. The van der Waals surface area contributed by atoms with Crippen LogP contribution in [-0.2, 0) is 0 Å². The van der Waals surface area contributed by atoms with Gasteiger partial charge in [-0.05, 0) is 44.3 Å². The Morgan fingerprint density at radius 2 is 1.97 bits per heavy atom. The third kappa shape index (κ3) is 5.71. The van der Waals surface area contributed by atoms with Crippen LogP contribution in [0.5, 0.6) is 0 Å². The van der Waals surface area contributed by atoms with Gasteiger partial charge in [0, 0.05) is 12.6 Å². The lowest BCUT2D eigenvalue weighted by atomic mass is 10.2. The van der Waals surface area contributed by atoms with E-state index in [0.717, 1.165) is 0 Å². The van der Waals surface area contributed by atoms with Crippen LogP contribution >= 0.6 is 0 Å². The van der Waals surface area contributed by atoms with Crippen molar-refractivity contribution in [3.05, 3.63) is 60.5 Å². The van der Waals surface area contributed by atoms with Crippen LogP contribution in [-0.4, -0.2) is 53.4 Å². The van der Waals surface area contributed by atoms with Crippen LogP contribution in [0.25, 0.3) is 17.1 Å². The number of nitrogens with zero attached hydrogens (tertiary/aromatic N) is 3. The van der Waals surface area contributed by atoms with Gasteiger partial charge >= 0.3 is 6.18 Å². The molecule has 0 unspecified atom stereocenters. The van der Waals surface area contributed by atoms with Gasteiger partial charge in [0.05, 0.1) is 18.5 Å². The van der Waals surface area contributed by atoms with Gasteiger partial charge in [-0.25, -0.2) is 4.68 Å². The second-order valence-electron chi connectivity index (χ2n) is 6.60. The third-order valence-corrected chi connectivity index (χ3v) is 4.17. The molecule has 0 fully saturated rings. The summed E-state index contributed by atoms with van der Waals surface area (Å²) in [4.78, 5) is 13.9. The van der Waals surface area contributed by atoms with Crippen molar-refractivity contribution in [3.63, 3.8) is 0 Å². The fraction of sp³-hybridized carbons (Fsp3) is 0.300. The summed E-state index contributed by atoms with van der Waals surface area (Å²) >= 11 is 0. The summed E-state index contributed by atoms with van der Waals surface area (Å²) < 4.78 is 44.0. The summed E-state index contributed by atoms with van der Waals surface area (Å²) in [5, 5.41) is 7.22. The van der Waals surface area contributed by atoms with Gasteiger partial charge in [0.2, 0.25) is 0 Å². The topological polar surface area (TPSA) is 63.3 Å². The fourth-order valence-electron chi connectivity index (χ4n) is 2.88. The van der Waals surface area contributed by atoms with E-state index in [9.17, 15) is 18.0 Å². The van der Waals surface area contributed by atoms with E-state index >= 15 is 0 Å². The number of rotatable bonds is 8. The van der Waals surface area contributed by atoms with E-state index in [1.165, 1.54) is 22.9 Å². The van der Waals surface area contributed by atoms with E-state index in [2.05, 4.69) is 10.4 Å². The summed E-state index contributed by atoms with van der Waals surface area (Å²) in [5.41, 5.74) is 1.53. The average Bonchev–Trinajstić information content (AvgIpc) is 3.34. The van der Waals surface area contributed by atoms with Crippen molar-refractivity contribution in [2.45, 2.75) is 12.6 Å². The molecule has 3 rings (SSSR count). The number of aromatic nitrogens is 2. The number of para-hydroxylation sites is 1. The minimum atomic E-state index is -4.23. The largest absolute Gasteiger partial charge is 0.463 e. The number of benzene rings is 1. The minimum absolute atomic E-state index is 0.218. The Hall–Kier alpha value is -3.07. The van der Waals surface area contributed by atoms with Crippen molar-refractivity contribution < 1.29 is 22.4 Å². The molecule has 0 radical (unpaired) electrons. The lowest BCUT2D eigenvalue weighted by molar-refractivity contribution is -0.143. The van der Waals surface area contributed by atoms with Gasteiger partial charge in [0.25, 0.3) is 5.91 Å². The SMILES string of the molecule is CN(CCCNC(=O)c1cc(-c2ccco2)nn1-c1ccccc1)CC(F)(F)F. The summed E-state index contributed by atoms with van der Waals surface area (Å²) in [6, 6.07) is 14.3. The fourth-order valence-corrected chi connectivity index (χ4v) is 2.88. The third-order valence-electron chi connectivity index (χ3n) is 4.17. The number of halogens is 3. The van der Waals surface area contributed by atoms with E-state index in [0.29, 0.717) is 29.3 Å². The Balaban J connectivity index is 1.68. The van der Waals surface area contributed by atoms with Crippen molar-refractivity contribution >= 4 is 5.91 Å². The van der Waals surface area contributed by atoms with Crippen LogP contribution in [0.2, 0.25) is 0 Å². The first-order chi connectivity index (χ1) is 13.8. The lowest BCUT2D eigenvalue weighted by Gasteiger charge is -2.18. The van der Waals surface area contributed by atoms with E-state index in [-0.39, 0.29) is 19.0 Å². The molecule has 9 heteroatoms. The van der Waals surface area contributed by atoms with Crippen molar-refractivity contribution in [2.75, 3.05) is 26.7 Å². The molecule has 1 N–H and O–H groups in total. The van der Waals surface area contributed by atoms with E-state index < -0.39 is 12.7 Å². The molecule has 0 aliphatic rings. The molecule has 0 saturated carbocycles. The highest BCUT2D eigenvalue weighted by Gasteiger charge is 2.28. The number of furan rings is 1. The maximum Gasteiger partial charge on any atom is 0.401 e. The van der Waals surface area contributed by atoms with Gasteiger partial charge in [-0.2, -0.15) is 18.3 Å². The Labute approximate surface area is 165 Å². The van der Waals surface area contributed by atoms with Crippen LogP contribution in [0.3, 0.4) is 0 Å². The number of amides is 1. The van der Waals surface area contributed by atoms with Gasteiger partial charge in [-0.1, -0.05) is 18.2 Å². The van der Waals surface area contributed by atoms with Gasteiger partial charge in [0.1, 0.15) is 11.4 Å². The lowest BCUT2D eigenvalue weighted by Crippen LogP contribution is -2.34. The standard InChI is InChI=1S/C20H21F3N4O2/c1-26(14-20(21,22)23)11-6-10-24-19(28)17-13-16(18-9-5-12-29-18)25-27(17)15-7-3-2-4-8-15/h2-5,7-9,12-13H,6,10-11,14H2,1H3,(H,24,28). The number of alkyl halides is 3. The van der Waals surface area contributed by atoms with Gasteiger partial charge < -0.3 is 9.73 Å². The number of carbonyl (C=O) groups excluding carboxylic acids is 1. The summed E-state index contributed by atoms with van der Waals surface area (Å²) in [5.74, 6) is 0.167. The van der Waals surface area contributed by atoms with Gasteiger partial charge in [-0.15, -0.1) is 0 Å². The zero-order valence-corrected chi connectivity index (χ0v) is 15.8. The van der Waals surface area contributed by atoms with Gasteiger partial charge in [-0.3, -0.25) is 9.69 Å². The smallest absolute Gasteiger partial charge is 0.401 e. The summed E-state index contributed by atoms with van der Waals surface area (Å²) in [7, 11) is 1.40. The van der Waals surface area contributed by atoms with Crippen molar-refractivity contribution in [3.8, 4) is 17.1 Å². The second kappa shape index (κ2) is 8.95. The molecule has 0 atom stereocenters. The quantitative estimate of drug-likeness (QED) is 0.579. The highest BCUT2D eigenvalue weighted by molar-refractivity contribution is 5.94. The predicted octanol–water partition coefficient (Wildman–Crippen LogP) is 3.75. The monoisotopic (exact) mass is 406 g/mol. The Kier molecular flexibility index (Phi) is 6.38. The summed E-state index contributed by atoms with van der Waals surface area (Å²) in [6.45, 7) is -0.513. The van der Waals surface area contributed by atoms with E-state index in [1.807, 2.05) is 30.3 Å². The molecule has 29 heavy (non-hydrogen) atoms. The maximum absolute atomic E-state index is 12.7. The Morgan fingerprint density at radius 1 is 1.21 bits per heavy atom. The van der Waals surface area contributed by atoms with Crippen molar-refractivity contribution in [2.24, 2.45) is 0 Å². The van der Waals surface area contributed by atoms with Crippen LogP contribution in [0.15, 0.2) is 59.2 Å². The van der Waals surface area contributed by atoms with Crippen molar-refractivity contribution in [1.29, 1.82) is 0 Å². The van der Waals surface area contributed by atoms with E-state index in [1.54, 1.807) is 18.2 Å². The number of hydrogen-bond donors (Lipinski definition) is 1. The normalized spacial score (nSPS) is 11.8. The van der Waals surface area contributed by atoms with Crippen LogP contribution in [0.1, 0.15) is 16.9 Å². The van der Waals surface area contributed by atoms with Crippen LogP contribution < -0.4 is 5.32 Å². The van der Waals surface area contributed by atoms with Crippen LogP contribution in [0.4, 0.5) is 13.2 Å². The highest BCUT2D eigenvalue weighted by atomic mass is 19.4. The number of hydrogen-bond acceptors (Lipinski definition) is 4. The molecule has 0 aliphatic carbocycles. The van der Waals surface area contributed by atoms with E-state index in [4.69, 9.17) is 4.42 Å². The average molecular weight is 406 g/mol. The van der Waals surface area contributed by atoms with Gasteiger partial charge in [0.15, 0.2) is 5.76 Å². The first-order valence-electron chi connectivity index (χ1n) is 9.06. The van der Waals surface area contributed by atoms with Crippen molar-refractivity contribution in [1.82, 2.24) is 20.0 Å². The number of nitrogens with one attached hydrogen (secondary N) is 1. The first kappa shape index (κ1) is 20.7. The zero-order valence-electron chi connectivity index (χ0n) is 15.8. The molecule has 6 nitrogen and oxygen atoms in total. The minimum Gasteiger partial charge on any atom is -0.463 e. The first-order valence-corrected chi connectivity index (χ1v) is 9.06. The zero-order chi connectivity index (χ0) is 20.9. The molecule has 0 aliphatic heterocycles. The second-order valence-corrected chi connectivity index (χ2v) is 6.60. The molecular formula is C20H21F3N4O2. The maximum atomic E-state index is 12.7. The molecule has 0 bridgehead atoms. The Morgan fingerprint density at radius 3 is 2.62 bits per heavy atom. The summed E-state index contributed by atoms with van der Waals surface area (Å²) in [6.07, 6.45) is -2.32.